The molecule has 104 valence electrons. The minimum Gasteiger partial charge on any atom is -0.494 e. The summed E-state index contributed by atoms with van der Waals surface area (Å²) >= 11 is 3.53. The minimum absolute atomic E-state index is 0.0395. The Bertz CT molecular complexity index is 676. The first kappa shape index (κ1) is 13.6. The number of nitrogens with two attached hydrogens (primary N) is 1. The van der Waals surface area contributed by atoms with E-state index < -0.39 is 0 Å². The molecule has 0 radical (unpaired) electrons. The van der Waals surface area contributed by atoms with Gasteiger partial charge < -0.3 is 4.74 Å². The van der Waals surface area contributed by atoms with Crippen LogP contribution in [0.3, 0.4) is 0 Å². The molecule has 0 saturated carbocycles. The van der Waals surface area contributed by atoms with Crippen LogP contribution in [0.5, 0.6) is 5.75 Å². The molecule has 2 aromatic heterocycles. The van der Waals surface area contributed by atoms with Gasteiger partial charge in [0.2, 0.25) is 0 Å². The van der Waals surface area contributed by atoms with Gasteiger partial charge in [-0.15, -0.1) is 22.7 Å². The average Bonchev–Trinajstić information content (AvgIpc) is 3.03. The van der Waals surface area contributed by atoms with Crippen LogP contribution >= 0.6 is 22.7 Å². The van der Waals surface area contributed by atoms with Crippen LogP contribution in [-0.2, 0) is 0 Å². The second-order valence-corrected chi connectivity index (χ2v) is 6.43. The first-order valence-corrected chi connectivity index (χ1v) is 8.18. The van der Waals surface area contributed by atoms with Gasteiger partial charge in [0.25, 0.3) is 0 Å². The molecule has 3 N–H and O–H groups in total. The summed E-state index contributed by atoms with van der Waals surface area (Å²) in [6, 6.07) is 12.4. The van der Waals surface area contributed by atoms with Crippen LogP contribution in [0, 0.1) is 0 Å². The zero-order valence-corrected chi connectivity index (χ0v) is 12.8. The van der Waals surface area contributed by atoms with Crippen LogP contribution in [-0.4, -0.2) is 6.61 Å². The molecule has 2 heterocycles. The molecule has 1 aromatic carbocycles. The van der Waals surface area contributed by atoms with E-state index in [0.717, 1.165) is 11.3 Å². The molecular formula is C15H16N2OS2. The number of thiophene rings is 2. The third kappa shape index (κ3) is 2.45. The van der Waals surface area contributed by atoms with Crippen molar-refractivity contribution < 1.29 is 4.74 Å². The van der Waals surface area contributed by atoms with E-state index in [0.29, 0.717) is 6.61 Å². The Balaban J connectivity index is 2.03. The molecule has 0 aliphatic rings. The first-order chi connectivity index (χ1) is 9.83. The van der Waals surface area contributed by atoms with Crippen LogP contribution < -0.4 is 16.0 Å². The van der Waals surface area contributed by atoms with Crippen molar-refractivity contribution in [3.05, 3.63) is 52.2 Å². The van der Waals surface area contributed by atoms with Gasteiger partial charge in [0.1, 0.15) is 5.75 Å². The molecule has 0 spiro atoms. The van der Waals surface area contributed by atoms with Crippen molar-refractivity contribution in [2.75, 3.05) is 6.61 Å². The van der Waals surface area contributed by atoms with Gasteiger partial charge in [0, 0.05) is 19.8 Å². The SMILES string of the molecule is CCOc1ccccc1C(NN)c1cc2sccc2s1. The third-order valence-corrected chi connectivity index (χ3v) is 5.30. The average molecular weight is 304 g/mol. The fourth-order valence-electron chi connectivity index (χ4n) is 2.26. The van der Waals surface area contributed by atoms with E-state index in [4.69, 9.17) is 10.6 Å². The van der Waals surface area contributed by atoms with Crippen molar-refractivity contribution in [2.45, 2.75) is 13.0 Å². The minimum atomic E-state index is -0.0395. The first-order valence-electron chi connectivity index (χ1n) is 6.48. The number of hydrogen-bond donors (Lipinski definition) is 2. The van der Waals surface area contributed by atoms with Gasteiger partial charge in [-0.2, -0.15) is 0 Å². The molecule has 0 aliphatic heterocycles. The summed E-state index contributed by atoms with van der Waals surface area (Å²) < 4.78 is 8.32. The summed E-state index contributed by atoms with van der Waals surface area (Å²) in [4.78, 5) is 1.21. The summed E-state index contributed by atoms with van der Waals surface area (Å²) in [5, 5.41) is 2.12. The monoisotopic (exact) mass is 304 g/mol. The van der Waals surface area contributed by atoms with E-state index in [-0.39, 0.29) is 6.04 Å². The molecule has 3 rings (SSSR count). The highest BCUT2D eigenvalue weighted by molar-refractivity contribution is 7.27. The van der Waals surface area contributed by atoms with Gasteiger partial charge in [0.15, 0.2) is 0 Å². The smallest absolute Gasteiger partial charge is 0.124 e. The maximum Gasteiger partial charge on any atom is 0.124 e. The van der Waals surface area contributed by atoms with Gasteiger partial charge in [0.05, 0.1) is 12.6 Å². The van der Waals surface area contributed by atoms with Crippen LogP contribution in [0.1, 0.15) is 23.4 Å². The molecule has 1 unspecified atom stereocenters. The molecule has 20 heavy (non-hydrogen) atoms. The normalized spacial score (nSPS) is 12.7. The lowest BCUT2D eigenvalue weighted by Gasteiger charge is -2.18. The quantitative estimate of drug-likeness (QED) is 0.555. The second kappa shape index (κ2) is 5.93. The van der Waals surface area contributed by atoms with Crippen LogP contribution in [0.4, 0.5) is 0 Å². The summed E-state index contributed by atoms with van der Waals surface area (Å²) in [5.74, 6) is 6.68. The molecule has 0 amide bonds. The number of fused-ring (bicyclic) bond motifs is 1. The van der Waals surface area contributed by atoms with Crippen molar-refractivity contribution in [2.24, 2.45) is 5.84 Å². The van der Waals surface area contributed by atoms with E-state index in [2.05, 4.69) is 29.0 Å². The maximum atomic E-state index is 5.80. The zero-order chi connectivity index (χ0) is 13.9. The van der Waals surface area contributed by atoms with Crippen molar-refractivity contribution in [3.63, 3.8) is 0 Å². The highest BCUT2D eigenvalue weighted by Crippen LogP contribution is 2.37. The Morgan fingerprint density at radius 1 is 1.25 bits per heavy atom. The van der Waals surface area contributed by atoms with Gasteiger partial charge >= 0.3 is 0 Å². The van der Waals surface area contributed by atoms with E-state index >= 15 is 0 Å². The van der Waals surface area contributed by atoms with Crippen molar-refractivity contribution >= 4 is 32.1 Å². The molecule has 3 aromatic rings. The third-order valence-electron chi connectivity index (χ3n) is 3.14. The van der Waals surface area contributed by atoms with Crippen LogP contribution in [0.15, 0.2) is 41.8 Å². The Labute approximate surface area is 126 Å². The molecule has 1 atom stereocenters. The van der Waals surface area contributed by atoms with Crippen LogP contribution in [0.25, 0.3) is 9.40 Å². The predicted molar refractivity (Wildman–Crippen MR) is 86.5 cm³/mol. The molecule has 5 heteroatoms. The van der Waals surface area contributed by atoms with Gasteiger partial charge in [-0.3, -0.25) is 5.84 Å². The molecule has 0 aliphatic carbocycles. The summed E-state index contributed by atoms with van der Waals surface area (Å²) in [6.07, 6.45) is 0. The predicted octanol–water partition coefficient (Wildman–Crippen LogP) is 3.91. The largest absolute Gasteiger partial charge is 0.494 e. The zero-order valence-electron chi connectivity index (χ0n) is 11.1. The lowest BCUT2D eigenvalue weighted by atomic mass is 10.0. The summed E-state index contributed by atoms with van der Waals surface area (Å²) in [6.45, 7) is 2.64. The molecule has 0 fully saturated rings. The lowest BCUT2D eigenvalue weighted by Crippen LogP contribution is -2.28. The number of benzene rings is 1. The number of nitrogens with one attached hydrogen (secondary N) is 1. The molecule has 0 bridgehead atoms. The molecule has 0 saturated heterocycles. The standard InChI is InChI=1S/C15H16N2OS2/c1-2-18-11-6-4-3-5-10(11)15(17-16)14-9-13-12(20-14)7-8-19-13/h3-9,15,17H,2,16H2,1H3. The van der Waals surface area contributed by atoms with E-state index in [1.54, 1.807) is 22.7 Å². The number of rotatable bonds is 5. The highest BCUT2D eigenvalue weighted by atomic mass is 32.1. The Hall–Kier alpha value is -1.40. The Morgan fingerprint density at radius 2 is 2.10 bits per heavy atom. The fraction of sp³-hybridized carbons (Fsp3) is 0.200. The topological polar surface area (TPSA) is 47.3 Å². The fourth-order valence-corrected chi connectivity index (χ4v) is 4.46. The van der Waals surface area contributed by atoms with Gasteiger partial charge in [-0.1, -0.05) is 18.2 Å². The van der Waals surface area contributed by atoms with E-state index in [9.17, 15) is 0 Å². The summed E-state index contributed by atoms with van der Waals surface area (Å²) in [5.41, 5.74) is 3.99. The summed E-state index contributed by atoms with van der Waals surface area (Å²) in [7, 11) is 0. The van der Waals surface area contributed by atoms with Gasteiger partial charge in [-0.25, -0.2) is 5.43 Å². The van der Waals surface area contributed by atoms with E-state index in [1.165, 1.54) is 14.3 Å². The number of hydrogen-bond acceptors (Lipinski definition) is 5. The lowest BCUT2D eigenvalue weighted by molar-refractivity contribution is 0.334. The van der Waals surface area contributed by atoms with Crippen LogP contribution in [0.2, 0.25) is 0 Å². The van der Waals surface area contributed by atoms with Crippen molar-refractivity contribution in [1.29, 1.82) is 0 Å². The number of hydrazine groups is 1. The highest BCUT2D eigenvalue weighted by Gasteiger charge is 2.19. The molecular weight excluding hydrogens is 288 g/mol. The second-order valence-electron chi connectivity index (χ2n) is 4.37. The Kier molecular flexibility index (Phi) is 4.03. The van der Waals surface area contributed by atoms with Crippen molar-refractivity contribution in [1.82, 2.24) is 5.43 Å². The number of para-hydroxylation sites is 1. The molecule has 3 nitrogen and oxygen atoms in total. The number of ether oxygens (including phenoxy) is 1. The Morgan fingerprint density at radius 3 is 2.85 bits per heavy atom. The maximum absolute atomic E-state index is 5.80. The van der Waals surface area contributed by atoms with Gasteiger partial charge in [-0.05, 0) is 30.5 Å². The van der Waals surface area contributed by atoms with Crippen molar-refractivity contribution in [3.8, 4) is 5.75 Å². The van der Waals surface area contributed by atoms with E-state index in [1.807, 2.05) is 25.1 Å².